The number of thiophene rings is 1. The molecule has 2 aliphatic rings. The Morgan fingerprint density at radius 1 is 1.04 bits per heavy atom. The van der Waals surface area contributed by atoms with E-state index < -0.39 is 0 Å². The number of aryl methyl sites for hydroxylation is 2. The summed E-state index contributed by atoms with van der Waals surface area (Å²) in [5.74, 6) is 0.269. The molecule has 27 heavy (non-hydrogen) atoms. The third-order valence-corrected chi connectivity index (χ3v) is 6.42. The molecule has 1 aromatic heterocycles. The normalized spacial score (nSPS) is 18.8. The fourth-order valence-electron chi connectivity index (χ4n) is 3.87. The van der Waals surface area contributed by atoms with Crippen molar-refractivity contribution in [3.63, 3.8) is 0 Å². The van der Waals surface area contributed by atoms with E-state index in [0.717, 1.165) is 41.9 Å². The average molecular weight is 381 g/mol. The Bertz CT molecular complexity index is 922. The predicted molar refractivity (Wildman–Crippen MR) is 110 cm³/mol. The maximum atomic E-state index is 13.5. The summed E-state index contributed by atoms with van der Waals surface area (Å²) in [7, 11) is 0. The molecule has 0 unspecified atom stereocenters. The van der Waals surface area contributed by atoms with Gasteiger partial charge in [0, 0.05) is 18.0 Å². The fourth-order valence-corrected chi connectivity index (χ4v) is 4.63. The molecular formula is C22H24N2O2S. The highest BCUT2D eigenvalue weighted by Crippen LogP contribution is 2.38. The van der Waals surface area contributed by atoms with Gasteiger partial charge in [0.15, 0.2) is 0 Å². The maximum Gasteiger partial charge on any atom is 0.282 e. The number of carbonyl (C=O) groups is 2. The second-order valence-corrected chi connectivity index (χ2v) is 8.55. The molecule has 0 spiro atoms. The molecule has 1 saturated heterocycles. The summed E-state index contributed by atoms with van der Waals surface area (Å²) in [5, 5.41) is 1.95. The van der Waals surface area contributed by atoms with E-state index in [9.17, 15) is 9.59 Å². The van der Waals surface area contributed by atoms with Crippen LogP contribution in [0.15, 0.2) is 41.4 Å². The highest BCUT2D eigenvalue weighted by molar-refractivity contribution is 7.11. The third-order valence-electron chi connectivity index (χ3n) is 5.53. The van der Waals surface area contributed by atoms with Crippen LogP contribution < -0.4 is 4.90 Å². The summed E-state index contributed by atoms with van der Waals surface area (Å²) in [4.78, 5) is 31.3. The van der Waals surface area contributed by atoms with E-state index in [2.05, 4.69) is 11.8 Å². The molecule has 2 aliphatic heterocycles. The molecule has 3 heterocycles. The summed E-state index contributed by atoms with van der Waals surface area (Å²) in [5.41, 5.74) is 3.80. The quantitative estimate of drug-likeness (QED) is 0.742. The zero-order valence-corrected chi connectivity index (χ0v) is 16.8. The molecule has 5 heteroatoms. The van der Waals surface area contributed by atoms with E-state index in [1.807, 2.05) is 49.6 Å². The van der Waals surface area contributed by atoms with Crippen molar-refractivity contribution in [3.8, 4) is 0 Å². The largest absolute Gasteiger partial charge is 0.366 e. The van der Waals surface area contributed by atoms with Gasteiger partial charge in [0.25, 0.3) is 11.8 Å². The molecule has 2 amide bonds. The van der Waals surface area contributed by atoms with E-state index in [1.54, 1.807) is 0 Å². The summed E-state index contributed by atoms with van der Waals surface area (Å²) in [6.07, 6.45) is 2.10. The van der Waals surface area contributed by atoms with Crippen molar-refractivity contribution >= 4 is 34.4 Å². The van der Waals surface area contributed by atoms with Crippen LogP contribution in [-0.4, -0.2) is 29.8 Å². The van der Waals surface area contributed by atoms with Crippen molar-refractivity contribution in [2.24, 2.45) is 5.92 Å². The van der Waals surface area contributed by atoms with Crippen molar-refractivity contribution < 1.29 is 9.59 Å². The maximum absolute atomic E-state index is 13.5. The lowest BCUT2D eigenvalue weighted by Crippen LogP contribution is -2.38. The van der Waals surface area contributed by atoms with Gasteiger partial charge in [-0.15, -0.1) is 11.3 Å². The first-order valence-electron chi connectivity index (χ1n) is 9.46. The Morgan fingerprint density at radius 2 is 1.78 bits per heavy atom. The molecule has 1 fully saturated rings. The molecule has 2 aromatic rings. The highest BCUT2D eigenvalue weighted by atomic mass is 32.1. The Morgan fingerprint density at radius 3 is 2.44 bits per heavy atom. The number of carbonyl (C=O) groups excluding carboxylic acids is 2. The number of nitrogens with zero attached hydrogens (tertiary/aromatic N) is 2. The SMILES string of the molecule is Cc1ccc(C)c(N2C(=O)C(c3cccs3)=C(N3CCC(C)CC3)C2=O)c1. The summed E-state index contributed by atoms with van der Waals surface area (Å²) in [6.45, 7) is 7.82. The number of piperidine rings is 1. The predicted octanol–water partition coefficient (Wildman–Crippen LogP) is 4.38. The van der Waals surface area contributed by atoms with Gasteiger partial charge in [0.2, 0.25) is 0 Å². The number of benzene rings is 1. The number of anilines is 1. The lowest BCUT2D eigenvalue weighted by Gasteiger charge is -2.32. The van der Waals surface area contributed by atoms with Crippen LogP contribution in [-0.2, 0) is 9.59 Å². The van der Waals surface area contributed by atoms with Gasteiger partial charge in [-0.25, -0.2) is 4.90 Å². The van der Waals surface area contributed by atoms with E-state index in [1.165, 1.54) is 16.2 Å². The molecular weight excluding hydrogens is 356 g/mol. The van der Waals surface area contributed by atoms with Gasteiger partial charge >= 0.3 is 0 Å². The lowest BCUT2D eigenvalue weighted by atomic mass is 9.98. The van der Waals surface area contributed by atoms with Crippen LogP contribution in [0.4, 0.5) is 5.69 Å². The molecule has 4 nitrogen and oxygen atoms in total. The minimum Gasteiger partial charge on any atom is -0.366 e. The molecule has 0 bridgehead atoms. The number of hydrogen-bond acceptors (Lipinski definition) is 4. The van der Waals surface area contributed by atoms with Crippen LogP contribution in [0.3, 0.4) is 0 Å². The zero-order valence-electron chi connectivity index (χ0n) is 16.0. The van der Waals surface area contributed by atoms with Gasteiger partial charge in [-0.3, -0.25) is 9.59 Å². The van der Waals surface area contributed by atoms with Crippen LogP contribution in [0.5, 0.6) is 0 Å². The second kappa shape index (κ2) is 6.97. The number of rotatable bonds is 3. The topological polar surface area (TPSA) is 40.6 Å². The molecule has 0 aliphatic carbocycles. The summed E-state index contributed by atoms with van der Waals surface area (Å²) >= 11 is 1.51. The fraction of sp³-hybridized carbons (Fsp3) is 0.364. The van der Waals surface area contributed by atoms with Crippen LogP contribution in [0.25, 0.3) is 5.57 Å². The minimum absolute atomic E-state index is 0.188. The molecule has 0 atom stereocenters. The number of hydrogen-bond donors (Lipinski definition) is 0. The van der Waals surface area contributed by atoms with Crippen LogP contribution in [0.2, 0.25) is 0 Å². The summed E-state index contributed by atoms with van der Waals surface area (Å²) < 4.78 is 0. The highest BCUT2D eigenvalue weighted by Gasteiger charge is 2.43. The molecule has 4 rings (SSSR count). The zero-order chi connectivity index (χ0) is 19.1. The average Bonchev–Trinajstić information content (AvgIpc) is 3.25. The van der Waals surface area contributed by atoms with Gasteiger partial charge in [-0.05, 0) is 61.2 Å². The standard InChI is InChI=1S/C22H24N2O2S/c1-14-8-10-23(11-9-14)20-19(18-5-4-12-27-18)21(25)24(22(20)26)17-13-15(2)6-7-16(17)3/h4-7,12-14H,8-11H2,1-3H3. The van der Waals surface area contributed by atoms with Gasteiger partial charge in [0.05, 0.1) is 11.3 Å². The first kappa shape index (κ1) is 18.0. The van der Waals surface area contributed by atoms with Crippen molar-refractivity contribution in [1.29, 1.82) is 0 Å². The van der Waals surface area contributed by atoms with Crippen LogP contribution in [0, 0.1) is 19.8 Å². The van der Waals surface area contributed by atoms with E-state index in [-0.39, 0.29) is 11.8 Å². The lowest BCUT2D eigenvalue weighted by molar-refractivity contribution is -0.120. The van der Waals surface area contributed by atoms with Gasteiger partial charge in [0.1, 0.15) is 5.70 Å². The van der Waals surface area contributed by atoms with E-state index in [0.29, 0.717) is 22.9 Å². The van der Waals surface area contributed by atoms with Crippen molar-refractivity contribution in [3.05, 3.63) is 57.4 Å². The number of imide groups is 1. The molecule has 0 saturated carbocycles. The molecule has 140 valence electrons. The third kappa shape index (κ3) is 3.10. The van der Waals surface area contributed by atoms with Gasteiger partial charge < -0.3 is 4.90 Å². The molecule has 0 N–H and O–H groups in total. The second-order valence-electron chi connectivity index (χ2n) is 7.61. The Balaban J connectivity index is 1.81. The van der Waals surface area contributed by atoms with Crippen LogP contribution in [0.1, 0.15) is 35.8 Å². The van der Waals surface area contributed by atoms with E-state index in [4.69, 9.17) is 0 Å². The Kier molecular flexibility index (Phi) is 4.64. The van der Waals surface area contributed by atoms with Crippen molar-refractivity contribution in [1.82, 2.24) is 4.90 Å². The monoisotopic (exact) mass is 380 g/mol. The summed E-state index contributed by atoms with van der Waals surface area (Å²) in [6, 6.07) is 9.77. The Labute approximate surface area is 164 Å². The molecule has 0 radical (unpaired) electrons. The van der Waals surface area contributed by atoms with Crippen molar-refractivity contribution in [2.45, 2.75) is 33.6 Å². The first-order chi connectivity index (χ1) is 13.0. The van der Waals surface area contributed by atoms with Gasteiger partial charge in [-0.1, -0.05) is 25.1 Å². The minimum atomic E-state index is -0.204. The Hall–Kier alpha value is -2.40. The van der Waals surface area contributed by atoms with Crippen LogP contribution >= 0.6 is 11.3 Å². The smallest absolute Gasteiger partial charge is 0.282 e. The number of likely N-dealkylation sites (tertiary alicyclic amines) is 1. The first-order valence-corrected chi connectivity index (χ1v) is 10.3. The van der Waals surface area contributed by atoms with E-state index >= 15 is 0 Å². The molecule has 1 aromatic carbocycles. The van der Waals surface area contributed by atoms with Gasteiger partial charge in [-0.2, -0.15) is 0 Å². The number of amides is 2. The van der Waals surface area contributed by atoms with Crippen molar-refractivity contribution in [2.75, 3.05) is 18.0 Å².